The van der Waals surface area contributed by atoms with Gasteiger partial charge in [0.15, 0.2) is 0 Å². The fourth-order valence-electron chi connectivity index (χ4n) is 1.24. The first-order valence-corrected chi connectivity index (χ1v) is 7.32. The summed E-state index contributed by atoms with van der Waals surface area (Å²) >= 11 is 0. The van der Waals surface area contributed by atoms with Crippen LogP contribution in [0.2, 0.25) is 0 Å². The lowest BCUT2D eigenvalue weighted by Gasteiger charge is -2.01. The van der Waals surface area contributed by atoms with E-state index in [1.54, 1.807) is 12.3 Å². The molecule has 0 amide bonds. The van der Waals surface area contributed by atoms with Crippen molar-refractivity contribution in [2.24, 2.45) is 0 Å². The normalized spacial score (nSPS) is 10.2. The molecular weight excluding hydrogens is 268 g/mol. The van der Waals surface area contributed by atoms with Gasteiger partial charge in [-0.3, -0.25) is 4.79 Å². The maximum atomic E-state index is 10.6. The molecule has 0 spiro atoms. The Morgan fingerprint density at radius 1 is 1.11 bits per heavy atom. The molecule has 2 aromatic rings. The van der Waals surface area contributed by atoms with Crippen LogP contribution in [0.4, 0.5) is 0 Å². The number of pyridine rings is 2. The Balaban J connectivity index is 1.99. The van der Waals surface area contributed by atoms with Crippen LogP contribution < -0.4 is 0 Å². The molecule has 4 nitrogen and oxygen atoms in total. The van der Waals surface area contributed by atoms with E-state index in [2.05, 4.69) is 9.97 Å². The van der Waals surface area contributed by atoms with Gasteiger partial charge in [0.2, 0.25) is 0 Å². The lowest BCUT2D eigenvalue weighted by molar-refractivity contribution is -0.136. The van der Waals surface area contributed by atoms with Gasteiger partial charge in [0.05, 0.1) is 12.1 Å². The molecule has 1 N–H and O–H groups in total. The summed E-state index contributed by atoms with van der Waals surface area (Å²) in [6.45, 7) is 0. The summed E-state index contributed by atoms with van der Waals surface area (Å²) in [4.78, 5) is 19.0. The minimum Gasteiger partial charge on any atom is -0.481 e. The highest BCUT2D eigenvalue weighted by molar-refractivity contribution is 8.76. The molecule has 0 unspecified atom stereocenters. The van der Waals surface area contributed by atoms with Gasteiger partial charge in [-0.15, -0.1) is 0 Å². The maximum Gasteiger partial charge on any atom is 0.309 e. The van der Waals surface area contributed by atoms with Crippen LogP contribution in [-0.2, 0) is 11.2 Å². The van der Waals surface area contributed by atoms with E-state index in [1.807, 2.05) is 30.3 Å². The lowest BCUT2D eigenvalue weighted by Crippen LogP contribution is -2.02. The molecule has 18 heavy (non-hydrogen) atoms. The summed E-state index contributed by atoms with van der Waals surface area (Å²) in [5, 5.41) is 10.4. The Morgan fingerprint density at radius 3 is 2.61 bits per heavy atom. The van der Waals surface area contributed by atoms with Crippen LogP contribution in [0.1, 0.15) is 5.69 Å². The van der Waals surface area contributed by atoms with Gasteiger partial charge in [-0.2, -0.15) is 0 Å². The molecule has 0 aromatic carbocycles. The Labute approximate surface area is 112 Å². The quantitative estimate of drug-likeness (QED) is 0.848. The molecule has 0 aliphatic heterocycles. The number of hydrogen-bond donors (Lipinski definition) is 1. The molecule has 0 saturated carbocycles. The molecule has 2 heterocycles. The van der Waals surface area contributed by atoms with Gasteiger partial charge < -0.3 is 5.11 Å². The summed E-state index contributed by atoms with van der Waals surface area (Å²) in [5.74, 6) is -0.873. The van der Waals surface area contributed by atoms with E-state index in [0.29, 0.717) is 5.69 Å². The van der Waals surface area contributed by atoms with Gasteiger partial charge in [-0.05, 0) is 45.9 Å². The van der Waals surface area contributed by atoms with Gasteiger partial charge in [-0.25, -0.2) is 9.97 Å². The van der Waals surface area contributed by atoms with Crippen molar-refractivity contribution in [3.63, 3.8) is 0 Å². The molecule has 2 rings (SSSR count). The second-order valence-corrected chi connectivity index (χ2v) is 5.54. The maximum absolute atomic E-state index is 10.6. The van der Waals surface area contributed by atoms with Crippen molar-refractivity contribution in [3.05, 3.63) is 48.3 Å². The minimum atomic E-state index is -0.873. The molecule has 0 atom stereocenters. The monoisotopic (exact) mass is 278 g/mol. The molecule has 0 bridgehead atoms. The van der Waals surface area contributed by atoms with Crippen LogP contribution in [0.15, 0.2) is 52.6 Å². The smallest absolute Gasteiger partial charge is 0.309 e. The minimum absolute atomic E-state index is 0.0529. The molecule has 0 saturated heterocycles. The van der Waals surface area contributed by atoms with Gasteiger partial charge >= 0.3 is 5.97 Å². The summed E-state index contributed by atoms with van der Waals surface area (Å²) in [5.41, 5.74) is 0.564. The number of carboxylic acids is 1. The highest BCUT2D eigenvalue weighted by atomic mass is 33.1. The Morgan fingerprint density at radius 2 is 1.89 bits per heavy atom. The largest absolute Gasteiger partial charge is 0.481 e. The van der Waals surface area contributed by atoms with E-state index >= 15 is 0 Å². The number of aliphatic carboxylic acids is 1. The third-order valence-electron chi connectivity index (χ3n) is 1.96. The second-order valence-electron chi connectivity index (χ2n) is 3.37. The third kappa shape index (κ3) is 4.05. The van der Waals surface area contributed by atoms with Crippen LogP contribution in [0.3, 0.4) is 0 Å². The van der Waals surface area contributed by atoms with Crippen LogP contribution >= 0.6 is 21.6 Å². The van der Waals surface area contributed by atoms with E-state index in [4.69, 9.17) is 5.11 Å². The number of aromatic nitrogens is 2. The van der Waals surface area contributed by atoms with E-state index < -0.39 is 5.97 Å². The van der Waals surface area contributed by atoms with Crippen molar-refractivity contribution in [3.8, 4) is 0 Å². The fourth-order valence-corrected chi connectivity index (χ4v) is 3.02. The standard InChI is InChI=1S/C12H10N2O2S2/c15-12(16)8-9-4-3-6-11(14-9)18-17-10-5-1-2-7-13-10/h1-7H,8H2,(H,15,16). The van der Waals surface area contributed by atoms with E-state index in [1.165, 1.54) is 21.6 Å². The first-order chi connectivity index (χ1) is 8.74. The van der Waals surface area contributed by atoms with Gasteiger partial charge in [0.25, 0.3) is 0 Å². The predicted octanol–water partition coefficient (Wildman–Crippen LogP) is 2.90. The topological polar surface area (TPSA) is 63.1 Å². The SMILES string of the molecule is O=C(O)Cc1cccc(SSc2ccccn2)n1. The van der Waals surface area contributed by atoms with E-state index in [9.17, 15) is 4.79 Å². The summed E-state index contributed by atoms with van der Waals surface area (Å²) in [7, 11) is 2.96. The molecule has 0 fully saturated rings. The Bertz CT molecular complexity index is 535. The van der Waals surface area contributed by atoms with Gasteiger partial charge in [0, 0.05) is 6.20 Å². The summed E-state index contributed by atoms with van der Waals surface area (Å²) in [6.07, 6.45) is 1.68. The second kappa shape index (κ2) is 6.42. The zero-order valence-corrected chi connectivity index (χ0v) is 10.9. The Kier molecular flexibility index (Phi) is 4.60. The molecule has 0 aliphatic rings. The number of carboxylic acid groups (broad SMARTS) is 1. The van der Waals surface area contributed by atoms with Gasteiger partial charge in [0.1, 0.15) is 10.1 Å². The van der Waals surface area contributed by atoms with Crippen molar-refractivity contribution in [2.75, 3.05) is 0 Å². The first-order valence-electron chi connectivity index (χ1n) is 5.17. The highest BCUT2D eigenvalue weighted by Crippen LogP contribution is 2.34. The summed E-state index contributed by atoms with van der Waals surface area (Å²) < 4.78 is 0. The number of carbonyl (C=O) groups is 1. The van der Waals surface area contributed by atoms with Crippen molar-refractivity contribution in [1.29, 1.82) is 0 Å². The number of rotatable bonds is 5. The van der Waals surface area contributed by atoms with Crippen LogP contribution in [0, 0.1) is 0 Å². The van der Waals surface area contributed by atoms with Crippen molar-refractivity contribution < 1.29 is 9.90 Å². The summed E-state index contributed by atoms with van der Waals surface area (Å²) in [6, 6.07) is 11.1. The molecule has 0 aliphatic carbocycles. The Hall–Kier alpha value is -1.53. The van der Waals surface area contributed by atoms with Crippen molar-refractivity contribution in [2.45, 2.75) is 16.5 Å². The number of nitrogens with zero attached hydrogens (tertiary/aromatic N) is 2. The highest BCUT2D eigenvalue weighted by Gasteiger charge is 2.04. The first kappa shape index (κ1) is 12.9. The average Bonchev–Trinajstić information content (AvgIpc) is 2.37. The fraction of sp³-hybridized carbons (Fsp3) is 0.0833. The zero-order valence-electron chi connectivity index (χ0n) is 9.31. The van der Waals surface area contributed by atoms with Gasteiger partial charge in [-0.1, -0.05) is 12.1 Å². The molecule has 0 radical (unpaired) electrons. The zero-order chi connectivity index (χ0) is 12.8. The average molecular weight is 278 g/mol. The predicted molar refractivity (Wildman–Crippen MR) is 71.5 cm³/mol. The van der Waals surface area contributed by atoms with E-state index in [-0.39, 0.29) is 6.42 Å². The van der Waals surface area contributed by atoms with Crippen LogP contribution in [0.5, 0.6) is 0 Å². The molecule has 2 aromatic heterocycles. The molecule has 6 heteroatoms. The van der Waals surface area contributed by atoms with Crippen molar-refractivity contribution >= 4 is 27.6 Å². The molecule has 92 valence electrons. The lowest BCUT2D eigenvalue weighted by atomic mass is 10.3. The van der Waals surface area contributed by atoms with E-state index in [0.717, 1.165) is 10.1 Å². The van der Waals surface area contributed by atoms with Crippen LogP contribution in [0.25, 0.3) is 0 Å². The molecular formula is C12H10N2O2S2. The number of hydrogen-bond acceptors (Lipinski definition) is 5. The third-order valence-corrected chi connectivity index (χ3v) is 4.13. The van der Waals surface area contributed by atoms with Crippen molar-refractivity contribution in [1.82, 2.24) is 9.97 Å². The van der Waals surface area contributed by atoms with Crippen LogP contribution in [-0.4, -0.2) is 21.0 Å².